The number of ketones is 1. The van der Waals surface area contributed by atoms with E-state index in [0.29, 0.717) is 5.56 Å². The molecule has 0 atom stereocenters. The van der Waals surface area contributed by atoms with Crippen LogP contribution < -0.4 is 5.32 Å². The first-order valence-electron chi connectivity index (χ1n) is 9.06. The van der Waals surface area contributed by atoms with Gasteiger partial charge in [-0.3, -0.25) is 14.4 Å². The molecule has 2 aromatic rings. The van der Waals surface area contributed by atoms with Crippen molar-refractivity contribution in [3.8, 4) is 0 Å². The van der Waals surface area contributed by atoms with Gasteiger partial charge in [0.15, 0.2) is 18.2 Å². The zero-order valence-electron chi connectivity index (χ0n) is 15.4. The van der Waals surface area contributed by atoms with Crippen LogP contribution in [0.5, 0.6) is 0 Å². The maximum Gasteiger partial charge on any atom is 0.306 e. The highest BCUT2D eigenvalue weighted by atomic mass is 16.5. The van der Waals surface area contributed by atoms with Gasteiger partial charge in [0.05, 0.1) is 6.42 Å². The van der Waals surface area contributed by atoms with Gasteiger partial charge in [0.2, 0.25) is 0 Å². The largest absolute Gasteiger partial charge is 0.456 e. The Labute approximate surface area is 158 Å². The lowest BCUT2D eigenvalue weighted by Gasteiger charge is -2.05. The molecule has 27 heavy (non-hydrogen) atoms. The zero-order valence-corrected chi connectivity index (χ0v) is 15.4. The average molecular weight is 372 g/mol. The van der Waals surface area contributed by atoms with E-state index < -0.39 is 18.5 Å². The molecule has 0 saturated carbocycles. The van der Waals surface area contributed by atoms with Crippen molar-refractivity contribution in [1.29, 1.82) is 0 Å². The van der Waals surface area contributed by atoms with E-state index in [1.165, 1.54) is 30.7 Å². The van der Waals surface area contributed by atoms with Crippen LogP contribution in [0.1, 0.15) is 54.9 Å². The van der Waals surface area contributed by atoms with Gasteiger partial charge in [-0.25, -0.2) is 0 Å². The van der Waals surface area contributed by atoms with Crippen LogP contribution in [-0.2, 0) is 20.7 Å². The maximum atomic E-state index is 12.2. The van der Waals surface area contributed by atoms with Crippen molar-refractivity contribution >= 4 is 23.5 Å². The predicted octanol–water partition coefficient (Wildman–Crippen LogP) is 3.55. The summed E-state index contributed by atoms with van der Waals surface area (Å²) in [6, 6.07) is 8.96. The lowest BCUT2D eigenvalue weighted by Crippen LogP contribution is -2.21. The second-order valence-electron chi connectivity index (χ2n) is 6.17. The number of benzene rings is 1. The fourth-order valence-corrected chi connectivity index (χ4v) is 2.47. The normalized spacial score (nSPS) is 10.4. The number of amides is 1. The number of nitrogens with one attached hydrogen (secondary N) is 1. The Morgan fingerprint density at radius 3 is 2.52 bits per heavy atom. The fraction of sp³-hybridized carbons (Fsp3) is 0.400. The molecule has 1 N–H and O–H groups in total. The summed E-state index contributed by atoms with van der Waals surface area (Å²) >= 11 is 0. The molecule has 0 aliphatic rings. The monoisotopic (exact) mass is 372 g/mol. The highest BCUT2D eigenvalue weighted by Crippen LogP contribution is 2.11. The molecular formula is C20H24N2O5. The van der Waals surface area contributed by atoms with Crippen molar-refractivity contribution in [3.63, 3.8) is 0 Å². The Hall–Kier alpha value is -2.96. The molecule has 1 heterocycles. The van der Waals surface area contributed by atoms with Gasteiger partial charge in [-0.05, 0) is 18.4 Å². The Balaban J connectivity index is 1.68. The summed E-state index contributed by atoms with van der Waals surface area (Å²) in [5.74, 6) is -1.01. The Morgan fingerprint density at radius 2 is 1.85 bits per heavy atom. The van der Waals surface area contributed by atoms with Gasteiger partial charge in [0.25, 0.3) is 5.91 Å². The Kier molecular flexibility index (Phi) is 8.22. The third-order valence-electron chi connectivity index (χ3n) is 3.97. The number of Topliss-reactive ketones (excluding diaryl/α,β-unsaturated/α-hetero) is 1. The number of hydrogen-bond acceptors (Lipinski definition) is 6. The first kappa shape index (κ1) is 20.4. The highest BCUT2D eigenvalue weighted by Gasteiger charge is 2.12. The molecule has 0 unspecified atom stereocenters. The van der Waals surface area contributed by atoms with E-state index in [2.05, 4.69) is 21.9 Å². The number of aromatic nitrogens is 1. The van der Waals surface area contributed by atoms with E-state index in [0.717, 1.165) is 12.8 Å². The molecule has 7 nitrogen and oxygen atoms in total. The minimum atomic E-state index is -0.602. The number of anilines is 1. The lowest BCUT2D eigenvalue weighted by atomic mass is 10.0. The summed E-state index contributed by atoms with van der Waals surface area (Å²) in [4.78, 5) is 35.4. The number of unbranched alkanes of at least 4 members (excludes halogenated alkanes) is 2. The van der Waals surface area contributed by atoms with Crippen LogP contribution >= 0.6 is 0 Å². The molecular weight excluding hydrogens is 348 g/mol. The van der Waals surface area contributed by atoms with Gasteiger partial charge in [-0.15, -0.1) is 0 Å². The molecule has 0 saturated heterocycles. The van der Waals surface area contributed by atoms with Crippen LogP contribution in [0.15, 0.2) is 41.1 Å². The van der Waals surface area contributed by atoms with E-state index in [9.17, 15) is 14.4 Å². The SMILES string of the molecule is CCCCCc1ccc(C(=O)CCC(=O)OCC(=O)Nc2ccon2)cc1. The fourth-order valence-electron chi connectivity index (χ4n) is 2.47. The van der Waals surface area contributed by atoms with Crippen LogP contribution in [0.25, 0.3) is 0 Å². The zero-order chi connectivity index (χ0) is 19.5. The first-order valence-corrected chi connectivity index (χ1v) is 9.06. The molecule has 144 valence electrons. The molecule has 7 heteroatoms. The minimum Gasteiger partial charge on any atom is -0.456 e. The van der Waals surface area contributed by atoms with E-state index in [4.69, 9.17) is 4.74 Å². The number of hydrogen-bond donors (Lipinski definition) is 1. The summed E-state index contributed by atoms with van der Waals surface area (Å²) in [7, 11) is 0. The van der Waals surface area contributed by atoms with Crippen LogP contribution in [0.2, 0.25) is 0 Å². The molecule has 0 radical (unpaired) electrons. The topological polar surface area (TPSA) is 98.5 Å². The summed E-state index contributed by atoms with van der Waals surface area (Å²) in [5, 5.41) is 5.91. The van der Waals surface area contributed by atoms with E-state index in [-0.39, 0.29) is 24.4 Å². The Morgan fingerprint density at radius 1 is 1.07 bits per heavy atom. The molecule has 1 amide bonds. The van der Waals surface area contributed by atoms with Crippen molar-refractivity contribution in [2.45, 2.75) is 45.4 Å². The van der Waals surface area contributed by atoms with Crippen LogP contribution in [0.3, 0.4) is 0 Å². The third-order valence-corrected chi connectivity index (χ3v) is 3.97. The van der Waals surface area contributed by atoms with Crippen LogP contribution in [-0.4, -0.2) is 29.4 Å². The molecule has 2 rings (SSSR count). The highest BCUT2D eigenvalue weighted by molar-refractivity contribution is 5.97. The maximum absolute atomic E-state index is 12.2. The smallest absolute Gasteiger partial charge is 0.306 e. The second kappa shape index (κ2) is 10.9. The number of esters is 1. The van der Waals surface area contributed by atoms with Gasteiger partial charge >= 0.3 is 5.97 Å². The molecule has 0 aliphatic carbocycles. The number of aryl methyl sites for hydroxylation is 1. The van der Waals surface area contributed by atoms with E-state index >= 15 is 0 Å². The first-order chi connectivity index (χ1) is 13.1. The second-order valence-corrected chi connectivity index (χ2v) is 6.17. The summed E-state index contributed by atoms with van der Waals surface area (Å²) in [5.41, 5.74) is 1.78. The molecule has 0 spiro atoms. The lowest BCUT2D eigenvalue weighted by molar-refractivity contribution is -0.147. The summed E-state index contributed by atoms with van der Waals surface area (Å²) in [6.07, 6.45) is 5.79. The summed E-state index contributed by atoms with van der Waals surface area (Å²) in [6.45, 7) is 1.72. The quantitative estimate of drug-likeness (QED) is 0.368. The van der Waals surface area contributed by atoms with Gasteiger partial charge in [0, 0.05) is 18.1 Å². The van der Waals surface area contributed by atoms with E-state index in [1.54, 1.807) is 12.1 Å². The number of carbonyl (C=O) groups excluding carboxylic acids is 3. The molecule has 0 bridgehead atoms. The standard InChI is InChI=1S/C20H24N2O5/c1-2-3-4-5-15-6-8-16(9-7-15)17(23)10-11-20(25)26-14-19(24)21-18-12-13-27-22-18/h6-9,12-13H,2-5,10-11,14H2,1H3,(H,21,22,24). The minimum absolute atomic E-state index is 0.0406. The Bertz CT molecular complexity index is 738. The number of nitrogens with zero attached hydrogens (tertiary/aromatic N) is 1. The van der Waals surface area contributed by atoms with Crippen molar-refractivity contribution in [2.75, 3.05) is 11.9 Å². The van der Waals surface area contributed by atoms with Gasteiger partial charge in [-0.2, -0.15) is 0 Å². The van der Waals surface area contributed by atoms with Gasteiger partial charge in [0.1, 0.15) is 6.26 Å². The van der Waals surface area contributed by atoms with Gasteiger partial charge < -0.3 is 14.6 Å². The molecule has 0 fully saturated rings. The van der Waals surface area contributed by atoms with Crippen molar-refractivity contribution in [3.05, 3.63) is 47.7 Å². The van der Waals surface area contributed by atoms with Crippen molar-refractivity contribution in [2.24, 2.45) is 0 Å². The number of rotatable bonds is 11. The predicted molar refractivity (Wildman–Crippen MR) is 99.3 cm³/mol. The van der Waals surface area contributed by atoms with Crippen molar-refractivity contribution < 1.29 is 23.6 Å². The number of carbonyl (C=O) groups is 3. The van der Waals surface area contributed by atoms with Gasteiger partial charge in [-0.1, -0.05) is 49.2 Å². The van der Waals surface area contributed by atoms with E-state index in [1.807, 2.05) is 12.1 Å². The van der Waals surface area contributed by atoms with Crippen LogP contribution in [0, 0.1) is 0 Å². The molecule has 1 aromatic carbocycles. The third kappa shape index (κ3) is 7.43. The molecule has 0 aliphatic heterocycles. The van der Waals surface area contributed by atoms with Crippen molar-refractivity contribution in [1.82, 2.24) is 5.16 Å². The summed E-state index contributed by atoms with van der Waals surface area (Å²) < 4.78 is 9.42. The average Bonchev–Trinajstić information content (AvgIpc) is 3.18. The van der Waals surface area contributed by atoms with Crippen LogP contribution in [0.4, 0.5) is 5.82 Å². The molecule has 1 aromatic heterocycles. The number of ether oxygens (including phenoxy) is 1.